The third-order valence-electron chi connectivity index (χ3n) is 3.13. The summed E-state index contributed by atoms with van der Waals surface area (Å²) in [6.45, 7) is 3.98. The van der Waals surface area contributed by atoms with E-state index in [-0.39, 0.29) is 11.6 Å². The van der Waals surface area contributed by atoms with E-state index in [1.54, 1.807) is 38.2 Å². The molecule has 1 aromatic heterocycles. The third-order valence-corrected chi connectivity index (χ3v) is 3.13. The van der Waals surface area contributed by atoms with Crippen molar-refractivity contribution in [1.82, 2.24) is 9.78 Å². The summed E-state index contributed by atoms with van der Waals surface area (Å²) in [4.78, 5) is 24.0. The van der Waals surface area contributed by atoms with Crippen LogP contribution in [0.5, 0.6) is 5.75 Å². The molecule has 0 aliphatic heterocycles. The van der Waals surface area contributed by atoms with E-state index in [1.807, 2.05) is 6.92 Å². The highest BCUT2D eigenvalue weighted by Gasteiger charge is 2.21. The van der Waals surface area contributed by atoms with Gasteiger partial charge in [-0.3, -0.25) is 14.3 Å². The molecule has 0 saturated heterocycles. The van der Waals surface area contributed by atoms with Crippen molar-refractivity contribution in [3.63, 3.8) is 0 Å². The maximum absolute atomic E-state index is 12.5. The minimum atomic E-state index is -0.656. The molecule has 7 nitrogen and oxygen atoms in total. The van der Waals surface area contributed by atoms with Gasteiger partial charge in [0.1, 0.15) is 11.4 Å². The van der Waals surface area contributed by atoms with Gasteiger partial charge in [-0.15, -0.1) is 0 Å². The molecule has 0 aliphatic rings. The molecule has 1 heterocycles. The Labute approximate surface area is 128 Å². The van der Waals surface area contributed by atoms with Gasteiger partial charge in [0.05, 0.1) is 23.6 Å². The quantitative estimate of drug-likeness (QED) is 0.873. The van der Waals surface area contributed by atoms with Crippen molar-refractivity contribution >= 4 is 17.5 Å². The Bertz CT molecular complexity index is 722. The SMILES string of the molecule is CCOc1ccccc1C(=O)Nc1c(C)nn(C)c1C(N)=O. The maximum Gasteiger partial charge on any atom is 0.269 e. The van der Waals surface area contributed by atoms with Crippen LogP contribution in [0.2, 0.25) is 0 Å². The zero-order chi connectivity index (χ0) is 16.3. The van der Waals surface area contributed by atoms with Gasteiger partial charge >= 0.3 is 0 Å². The Morgan fingerprint density at radius 2 is 2.05 bits per heavy atom. The van der Waals surface area contributed by atoms with Crippen LogP contribution in [0.4, 0.5) is 5.69 Å². The summed E-state index contributed by atoms with van der Waals surface area (Å²) in [6.07, 6.45) is 0. The molecule has 3 N–H and O–H groups in total. The van der Waals surface area contributed by atoms with E-state index in [2.05, 4.69) is 10.4 Å². The zero-order valence-corrected chi connectivity index (χ0v) is 12.7. The van der Waals surface area contributed by atoms with Crippen molar-refractivity contribution in [3.8, 4) is 5.75 Å². The Kier molecular flexibility index (Phi) is 4.45. The number of nitrogens with zero attached hydrogens (tertiary/aromatic N) is 2. The number of para-hydroxylation sites is 1. The van der Waals surface area contributed by atoms with Crippen molar-refractivity contribution < 1.29 is 14.3 Å². The number of hydrogen-bond donors (Lipinski definition) is 2. The summed E-state index contributed by atoms with van der Waals surface area (Å²) >= 11 is 0. The predicted molar refractivity (Wildman–Crippen MR) is 82.0 cm³/mol. The second kappa shape index (κ2) is 6.30. The molecule has 1 aromatic carbocycles. The van der Waals surface area contributed by atoms with Crippen molar-refractivity contribution in [1.29, 1.82) is 0 Å². The van der Waals surface area contributed by atoms with Crippen LogP contribution in [0.25, 0.3) is 0 Å². The maximum atomic E-state index is 12.5. The van der Waals surface area contributed by atoms with Gasteiger partial charge in [0.2, 0.25) is 0 Å². The highest BCUT2D eigenvalue weighted by atomic mass is 16.5. The van der Waals surface area contributed by atoms with E-state index in [1.165, 1.54) is 4.68 Å². The first kappa shape index (κ1) is 15.6. The normalized spacial score (nSPS) is 10.3. The molecule has 2 aromatic rings. The molecule has 0 radical (unpaired) electrons. The fourth-order valence-corrected chi connectivity index (χ4v) is 2.21. The molecule has 0 saturated carbocycles. The Morgan fingerprint density at radius 3 is 2.68 bits per heavy atom. The second-order valence-corrected chi connectivity index (χ2v) is 4.68. The van der Waals surface area contributed by atoms with Crippen molar-refractivity contribution in [2.75, 3.05) is 11.9 Å². The minimum Gasteiger partial charge on any atom is -0.493 e. The Morgan fingerprint density at radius 1 is 1.36 bits per heavy atom. The summed E-state index contributed by atoms with van der Waals surface area (Å²) < 4.78 is 6.78. The number of benzene rings is 1. The summed E-state index contributed by atoms with van der Waals surface area (Å²) in [7, 11) is 1.59. The number of anilines is 1. The van der Waals surface area contributed by atoms with Gasteiger partial charge in [-0.25, -0.2) is 0 Å². The lowest BCUT2D eigenvalue weighted by atomic mass is 10.1. The standard InChI is InChI=1S/C15H18N4O3/c1-4-22-11-8-6-5-7-10(11)15(21)17-12-9(2)18-19(3)13(12)14(16)20/h5-8H,4H2,1-3H3,(H2,16,20)(H,17,21). The van der Waals surface area contributed by atoms with Crippen LogP contribution in [-0.2, 0) is 7.05 Å². The number of carbonyl (C=O) groups is 2. The molecular weight excluding hydrogens is 284 g/mol. The molecule has 0 aliphatic carbocycles. The fourth-order valence-electron chi connectivity index (χ4n) is 2.21. The number of nitrogens with one attached hydrogen (secondary N) is 1. The molecule has 0 bridgehead atoms. The average molecular weight is 302 g/mol. The van der Waals surface area contributed by atoms with Crippen molar-refractivity contribution in [2.24, 2.45) is 12.8 Å². The van der Waals surface area contributed by atoms with Crippen molar-refractivity contribution in [2.45, 2.75) is 13.8 Å². The van der Waals surface area contributed by atoms with Gasteiger partial charge in [-0.2, -0.15) is 5.10 Å². The molecule has 116 valence electrons. The number of nitrogens with two attached hydrogens (primary N) is 1. The summed E-state index contributed by atoms with van der Waals surface area (Å²) in [5.41, 5.74) is 6.70. The van der Waals surface area contributed by atoms with Gasteiger partial charge < -0.3 is 15.8 Å². The van der Waals surface area contributed by atoms with E-state index in [0.29, 0.717) is 29.3 Å². The number of aryl methyl sites for hydroxylation is 2. The zero-order valence-electron chi connectivity index (χ0n) is 12.7. The first-order chi connectivity index (χ1) is 10.5. The monoisotopic (exact) mass is 302 g/mol. The Balaban J connectivity index is 2.36. The first-order valence-corrected chi connectivity index (χ1v) is 6.82. The van der Waals surface area contributed by atoms with Crippen LogP contribution in [0.3, 0.4) is 0 Å². The lowest BCUT2D eigenvalue weighted by molar-refractivity contribution is 0.0992. The summed E-state index contributed by atoms with van der Waals surface area (Å²) in [5.74, 6) is -0.566. The van der Waals surface area contributed by atoms with Gasteiger partial charge in [0, 0.05) is 7.05 Å². The molecular formula is C15H18N4O3. The number of amides is 2. The van der Waals surface area contributed by atoms with Crippen LogP contribution >= 0.6 is 0 Å². The van der Waals surface area contributed by atoms with E-state index < -0.39 is 5.91 Å². The van der Waals surface area contributed by atoms with Crippen molar-refractivity contribution in [3.05, 3.63) is 41.2 Å². The molecule has 0 fully saturated rings. The number of ether oxygens (including phenoxy) is 1. The summed E-state index contributed by atoms with van der Waals surface area (Å²) in [6, 6.07) is 6.88. The van der Waals surface area contributed by atoms with Crippen LogP contribution in [0.15, 0.2) is 24.3 Å². The average Bonchev–Trinajstić information content (AvgIpc) is 2.74. The van der Waals surface area contributed by atoms with Crippen LogP contribution in [0, 0.1) is 6.92 Å². The molecule has 2 amide bonds. The Hall–Kier alpha value is -2.83. The highest BCUT2D eigenvalue weighted by molar-refractivity contribution is 6.09. The lowest BCUT2D eigenvalue weighted by Crippen LogP contribution is -2.20. The van der Waals surface area contributed by atoms with Crippen LogP contribution in [0.1, 0.15) is 33.5 Å². The lowest BCUT2D eigenvalue weighted by Gasteiger charge is -2.10. The molecule has 7 heteroatoms. The third kappa shape index (κ3) is 2.93. The van der Waals surface area contributed by atoms with Gasteiger partial charge in [-0.05, 0) is 26.0 Å². The number of carbonyl (C=O) groups excluding carboxylic acids is 2. The first-order valence-electron chi connectivity index (χ1n) is 6.82. The molecule has 22 heavy (non-hydrogen) atoms. The molecule has 0 unspecified atom stereocenters. The predicted octanol–water partition coefficient (Wildman–Crippen LogP) is 1.48. The number of aromatic nitrogens is 2. The van der Waals surface area contributed by atoms with Gasteiger partial charge in [0.15, 0.2) is 0 Å². The van der Waals surface area contributed by atoms with Gasteiger partial charge in [0.25, 0.3) is 11.8 Å². The molecule has 0 atom stereocenters. The number of primary amides is 1. The fraction of sp³-hybridized carbons (Fsp3) is 0.267. The molecule has 0 spiro atoms. The van der Waals surface area contributed by atoms with E-state index in [4.69, 9.17) is 10.5 Å². The van der Waals surface area contributed by atoms with Crippen LogP contribution in [-0.4, -0.2) is 28.2 Å². The van der Waals surface area contributed by atoms with Crippen LogP contribution < -0.4 is 15.8 Å². The number of rotatable bonds is 5. The molecule has 2 rings (SSSR count). The summed E-state index contributed by atoms with van der Waals surface area (Å²) in [5, 5.41) is 6.80. The van der Waals surface area contributed by atoms with Gasteiger partial charge in [-0.1, -0.05) is 12.1 Å². The minimum absolute atomic E-state index is 0.153. The van der Waals surface area contributed by atoms with E-state index in [9.17, 15) is 9.59 Å². The second-order valence-electron chi connectivity index (χ2n) is 4.68. The van der Waals surface area contributed by atoms with E-state index >= 15 is 0 Å². The largest absolute Gasteiger partial charge is 0.493 e. The smallest absolute Gasteiger partial charge is 0.269 e. The topological polar surface area (TPSA) is 99.2 Å². The van der Waals surface area contributed by atoms with E-state index in [0.717, 1.165) is 0 Å². The highest BCUT2D eigenvalue weighted by Crippen LogP contribution is 2.23. The number of hydrogen-bond acceptors (Lipinski definition) is 4.